The van der Waals surface area contributed by atoms with Gasteiger partial charge in [0.25, 0.3) is 0 Å². The van der Waals surface area contributed by atoms with E-state index in [1.165, 1.54) is 12.8 Å². The van der Waals surface area contributed by atoms with Crippen molar-refractivity contribution < 1.29 is 0 Å². The zero-order chi connectivity index (χ0) is 13.9. The molecule has 1 heterocycles. The summed E-state index contributed by atoms with van der Waals surface area (Å²) in [5, 5.41) is 6.68. The zero-order valence-corrected chi connectivity index (χ0v) is 14.8. The van der Waals surface area contributed by atoms with Crippen LogP contribution in [0.1, 0.15) is 18.7 Å². The first-order valence-corrected chi connectivity index (χ1v) is 7.13. The highest BCUT2D eigenvalue weighted by atomic mass is 127. The van der Waals surface area contributed by atoms with Crippen molar-refractivity contribution in [3.05, 3.63) is 30.1 Å². The van der Waals surface area contributed by atoms with Crippen LogP contribution >= 0.6 is 24.0 Å². The molecule has 3 rings (SSSR count). The molecule has 1 fully saturated rings. The molecule has 1 aromatic heterocycles. The van der Waals surface area contributed by atoms with Crippen LogP contribution < -0.4 is 10.6 Å². The molecule has 2 N–H and O–H groups in total. The molecule has 0 amide bonds. The number of fused-ring (bicyclic) bond motifs is 1. The highest BCUT2D eigenvalue weighted by molar-refractivity contribution is 14.0. The molecule has 6 heteroatoms. The molecule has 0 atom stereocenters. The zero-order valence-electron chi connectivity index (χ0n) is 12.5. The quantitative estimate of drug-likeness (QED) is 0.471. The van der Waals surface area contributed by atoms with Crippen LogP contribution in [0.4, 0.5) is 0 Å². The molecule has 0 unspecified atom stereocenters. The number of rotatable bonds is 4. The van der Waals surface area contributed by atoms with E-state index in [0.29, 0.717) is 6.54 Å². The van der Waals surface area contributed by atoms with Gasteiger partial charge in [-0.25, -0.2) is 4.98 Å². The van der Waals surface area contributed by atoms with E-state index >= 15 is 0 Å². The van der Waals surface area contributed by atoms with Crippen molar-refractivity contribution in [2.45, 2.75) is 19.4 Å². The molecule has 0 bridgehead atoms. The fourth-order valence-electron chi connectivity index (χ4n) is 2.30. The number of aryl methyl sites for hydroxylation is 1. The number of aromatic nitrogens is 2. The van der Waals surface area contributed by atoms with Crippen LogP contribution in [0, 0.1) is 5.92 Å². The van der Waals surface area contributed by atoms with E-state index < -0.39 is 0 Å². The third kappa shape index (κ3) is 3.87. The molecular formula is C15H22IN5. The lowest BCUT2D eigenvalue weighted by molar-refractivity contribution is 0.711. The number of nitrogens with one attached hydrogen (secondary N) is 2. The van der Waals surface area contributed by atoms with E-state index in [4.69, 9.17) is 0 Å². The van der Waals surface area contributed by atoms with Gasteiger partial charge in [0.1, 0.15) is 5.82 Å². The van der Waals surface area contributed by atoms with Crippen LogP contribution in [0.3, 0.4) is 0 Å². The van der Waals surface area contributed by atoms with E-state index in [0.717, 1.165) is 35.3 Å². The maximum Gasteiger partial charge on any atom is 0.191 e. The number of imidazole rings is 1. The summed E-state index contributed by atoms with van der Waals surface area (Å²) in [5.41, 5.74) is 2.19. The lowest BCUT2D eigenvalue weighted by Gasteiger charge is -2.11. The van der Waals surface area contributed by atoms with E-state index in [-0.39, 0.29) is 24.0 Å². The third-order valence-electron chi connectivity index (χ3n) is 3.77. The normalized spacial score (nSPS) is 14.9. The molecule has 0 spiro atoms. The van der Waals surface area contributed by atoms with Crippen LogP contribution in [0.5, 0.6) is 0 Å². The van der Waals surface area contributed by atoms with E-state index in [9.17, 15) is 0 Å². The van der Waals surface area contributed by atoms with Crippen molar-refractivity contribution in [1.29, 1.82) is 0 Å². The molecule has 2 aromatic rings. The number of guanidine groups is 1. The topological polar surface area (TPSA) is 54.2 Å². The molecule has 1 aliphatic carbocycles. The predicted molar refractivity (Wildman–Crippen MR) is 97.1 cm³/mol. The SMILES string of the molecule is CN=C(NCc1nc2ccccc2n1C)NCC1CC1.I. The second-order valence-corrected chi connectivity index (χ2v) is 5.33. The van der Waals surface area contributed by atoms with Crippen LogP contribution in [0.2, 0.25) is 0 Å². The maximum absolute atomic E-state index is 4.64. The molecule has 0 radical (unpaired) electrons. The number of hydrogen-bond donors (Lipinski definition) is 2. The fourth-order valence-corrected chi connectivity index (χ4v) is 2.30. The van der Waals surface area contributed by atoms with Crippen LogP contribution in [0.25, 0.3) is 11.0 Å². The maximum atomic E-state index is 4.64. The summed E-state index contributed by atoms with van der Waals surface area (Å²) in [7, 11) is 3.85. The minimum absolute atomic E-state index is 0. The first-order chi connectivity index (χ1) is 9.78. The summed E-state index contributed by atoms with van der Waals surface area (Å²) in [6.45, 7) is 1.69. The Morgan fingerprint density at radius 2 is 2.10 bits per heavy atom. The minimum Gasteiger partial charge on any atom is -0.356 e. The fraction of sp³-hybridized carbons (Fsp3) is 0.467. The number of nitrogens with zero attached hydrogens (tertiary/aromatic N) is 3. The van der Waals surface area contributed by atoms with Gasteiger partial charge in [0.05, 0.1) is 17.6 Å². The van der Waals surface area contributed by atoms with Crippen LogP contribution in [-0.4, -0.2) is 29.1 Å². The summed E-state index contributed by atoms with van der Waals surface area (Å²) in [5.74, 6) is 2.70. The summed E-state index contributed by atoms with van der Waals surface area (Å²) < 4.78 is 2.12. The van der Waals surface area contributed by atoms with Crippen molar-refractivity contribution in [2.24, 2.45) is 18.0 Å². The Labute approximate surface area is 142 Å². The van der Waals surface area contributed by atoms with Gasteiger partial charge in [0.15, 0.2) is 5.96 Å². The Morgan fingerprint density at radius 1 is 1.33 bits per heavy atom. The van der Waals surface area contributed by atoms with Crippen molar-refractivity contribution in [3.63, 3.8) is 0 Å². The molecule has 5 nitrogen and oxygen atoms in total. The Balaban J connectivity index is 0.00000161. The molecule has 0 saturated heterocycles. The lowest BCUT2D eigenvalue weighted by atomic mass is 10.3. The number of halogens is 1. The second-order valence-electron chi connectivity index (χ2n) is 5.33. The number of benzene rings is 1. The van der Waals surface area contributed by atoms with Gasteiger partial charge < -0.3 is 15.2 Å². The van der Waals surface area contributed by atoms with E-state index in [1.54, 1.807) is 7.05 Å². The smallest absolute Gasteiger partial charge is 0.191 e. The monoisotopic (exact) mass is 399 g/mol. The summed E-state index contributed by atoms with van der Waals surface area (Å²) in [6.07, 6.45) is 2.68. The van der Waals surface area contributed by atoms with Crippen molar-refractivity contribution >= 4 is 41.0 Å². The van der Waals surface area contributed by atoms with Crippen LogP contribution in [-0.2, 0) is 13.6 Å². The minimum atomic E-state index is 0. The standard InChI is InChI=1S/C15H21N5.HI/c1-16-15(17-9-11-7-8-11)18-10-14-19-12-5-3-4-6-13(12)20(14)2;/h3-6,11H,7-10H2,1-2H3,(H2,16,17,18);1H. The average Bonchev–Trinajstić information content (AvgIpc) is 3.25. The van der Waals surface area contributed by atoms with Crippen molar-refractivity contribution in [3.8, 4) is 0 Å². The highest BCUT2D eigenvalue weighted by Gasteiger charge is 2.21. The largest absolute Gasteiger partial charge is 0.356 e. The molecule has 1 saturated carbocycles. The van der Waals surface area contributed by atoms with Crippen molar-refractivity contribution in [2.75, 3.05) is 13.6 Å². The molecule has 1 aliphatic rings. The average molecular weight is 399 g/mol. The number of aliphatic imine (C=N–C) groups is 1. The Bertz CT molecular complexity index is 630. The molecule has 1 aromatic carbocycles. The van der Waals surface area contributed by atoms with Gasteiger partial charge in [-0.2, -0.15) is 0 Å². The predicted octanol–water partition coefficient (Wildman–Crippen LogP) is 2.27. The van der Waals surface area contributed by atoms with Gasteiger partial charge in [-0.05, 0) is 30.9 Å². The summed E-state index contributed by atoms with van der Waals surface area (Å²) >= 11 is 0. The van der Waals surface area contributed by atoms with Gasteiger partial charge >= 0.3 is 0 Å². The first kappa shape index (κ1) is 16.1. The van der Waals surface area contributed by atoms with Gasteiger partial charge in [0, 0.05) is 20.6 Å². The van der Waals surface area contributed by atoms with Gasteiger partial charge in [0.2, 0.25) is 0 Å². The van der Waals surface area contributed by atoms with Gasteiger partial charge in [-0.1, -0.05) is 12.1 Å². The molecule has 114 valence electrons. The number of para-hydroxylation sites is 2. The lowest BCUT2D eigenvalue weighted by Crippen LogP contribution is -2.38. The number of hydrogen-bond acceptors (Lipinski definition) is 2. The Hall–Kier alpha value is -1.31. The highest BCUT2D eigenvalue weighted by Crippen LogP contribution is 2.27. The molecular weight excluding hydrogens is 377 g/mol. The third-order valence-corrected chi connectivity index (χ3v) is 3.77. The van der Waals surface area contributed by atoms with Crippen LogP contribution in [0.15, 0.2) is 29.3 Å². The van der Waals surface area contributed by atoms with Crippen molar-refractivity contribution in [1.82, 2.24) is 20.2 Å². The second kappa shape index (κ2) is 7.11. The summed E-state index contributed by atoms with van der Waals surface area (Å²) in [4.78, 5) is 8.89. The molecule has 21 heavy (non-hydrogen) atoms. The van der Waals surface area contributed by atoms with E-state index in [1.807, 2.05) is 25.2 Å². The Kier molecular flexibility index (Phi) is 5.44. The molecule has 0 aliphatic heterocycles. The first-order valence-electron chi connectivity index (χ1n) is 7.13. The van der Waals surface area contributed by atoms with Gasteiger partial charge in [-0.3, -0.25) is 4.99 Å². The summed E-state index contributed by atoms with van der Waals surface area (Å²) in [6, 6.07) is 8.19. The van der Waals surface area contributed by atoms with E-state index in [2.05, 4.69) is 31.2 Å². The Morgan fingerprint density at radius 3 is 2.76 bits per heavy atom. The van der Waals surface area contributed by atoms with Gasteiger partial charge in [-0.15, -0.1) is 24.0 Å².